The maximum atomic E-state index is 12.0. The maximum absolute atomic E-state index is 12.0. The quantitative estimate of drug-likeness (QED) is 0.645. The van der Waals surface area contributed by atoms with E-state index in [4.69, 9.17) is 5.73 Å². The molecule has 1 atom stereocenters. The van der Waals surface area contributed by atoms with Crippen molar-refractivity contribution in [3.63, 3.8) is 0 Å². The SMILES string of the molecule is CC(C)Cn1c(N)c(NC(C)c2cn[nH]c2)c(=O)[nH]c1=O. The summed E-state index contributed by atoms with van der Waals surface area (Å²) in [5.41, 5.74) is 6.06. The van der Waals surface area contributed by atoms with Gasteiger partial charge < -0.3 is 11.1 Å². The van der Waals surface area contributed by atoms with Gasteiger partial charge in [0.25, 0.3) is 5.56 Å². The predicted molar refractivity (Wildman–Crippen MR) is 81.2 cm³/mol. The molecule has 0 saturated heterocycles. The van der Waals surface area contributed by atoms with Crippen LogP contribution in [-0.2, 0) is 6.54 Å². The fourth-order valence-electron chi connectivity index (χ4n) is 2.07. The monoisotopic (exact) mass is 292 g/mol. The first-order valence-electron chi connectivity index (χ1n) is 6.78. The van der Waals surface area contributed by atoms with E-state index in [-0.39, 0.29) is 23.5 Å². The molecular formula is C13H20N6O2. The normalized spacial score (nSPS) is 12.6. The second-order valence-electron chi connectivity index (χ2n) is 5.42. The molecule has 0 aliphatic heterocycles. The minimum absolute atomic E-state index is 0.146. The van der Waals surface area contributed by atoms with Crippen LogP contribution in [0.4, 0.5) is 11.5 Å². The van der Waals surface area contributed by atoms with Crippen molar-refractivity contribution >= 4 is 11.5 Å². The minimum atomic E-state index is -0.521. The summed E-state index contributed by atoms with van der Waals surface area (Å²) in [5.74, 6) is 0.378. The van der Waals surface area contributed by atoms with Crippen molar-refractivity contribution in [2.45, 2.75) is 33.4 Å². The van der Waals surface area contributed by atoms with E-state index in [9.17, 15) is 9.59 Å². The molecule has 2 heterocycles. The summed E-state index contributed by atoms with van der Waals surface area (Å²) >= 11 is 0. The van der Waals surface area contributed by atoms with Crippen LogP contribution < -0.4 is 22.3 Å². The summed E-state index contributed by atoms with van der Waals surface area (Å²) in [7, 11) is 0. The van der Waals surface area contributed by atoms with Gasteiger partial charge in [-0.2, -0.15) is 5.10 Å². The fourth-order valence-corrected chi connectivity index (χ4v) is 2.07. The number of hydrogen-bond acceptors (Lipinski definition) is 5. The average Bonchev–Trinajstić information content (AvgIpc) is 2.93. The van der Waals surface area contributed by atoms with E-state index in [1.165, 1.54) is 4.57 Å². The number of nitrogen functional groups attached to an aromatic ring is 1. The molecule has 21 heavy (non-hydrogen) atoms. The van der Waals surface area contributed by atoms with Gasteiger partial charge in [0.2, 0.25) is 0 Å². The number of nitrogens with two attached hydrogens (primary N) is 1. The van der Waals surface area contributed by atoms with Crippen LogP contribution in [0.3, 0.4) is 0 Å². The second kappa shape index (κ2) is 5.86. The maximum Gasteiger partial charge on any atom is 0.330 e. The Morgan fingerprint density at radius 3 is 2.67 bits per heavy atom. The molecule has 0 spiro atoms. The summed E-state index contributed by atoms with van der Waals surface area (Å²) in [4.78, 5) is 26.1. The highest BCUT2D eigenvalue weighted by molar-refractivity contribution is 5.61. The van der Waals surface area contributed by atoms with E-state index >= 15 is 0 Å². The smallest absolute Gasteiger partial charge is 0.330 e. The van der Waals surface area contributed by atoms with E-state index in [0.717, 1.165) is 5.56 Å². The van der Waals surface area contributed by atoms with E-state index in [1.54, 1.807) is 12.4 Å². The van der Waals surface area contributed by atoms with Gasteiger partial charge in [-0.3, -0.25) is 19.4 Å². The van der Waals surface area contributed by atoms with Gasteiger partial charge in [0.15, 0.2) is 0 Å². The number of nitrogens with zero attached hydrogens (tertiary/aromatic N) is 2. The van der Waals surface area contributed by atoms with Crippen LogP contribution in [0.2, 0.25) is 0 Å². The lowest BCUT2D eigenvalue weighted by Gasteiger charge is -2.18. The zero-order valence-electron chi connectivity index (χ0n) is 12.3. The highest BCUT2D eigenvalue weighted by Crippen LogP contribution is 2.19. The van der Waals surface area contributed by atoms with Gasteiger partial charge >= 0.3 is 5.69 Å². The number of aromatic amines is 2. The molecule has 5 N–H and O–H groups in total. The number of rotatable bonds is 5. The van der Waals surface area contributed by atoms with Gasteiger partial charge in [-0.05, 0) is 12.8 Å². The first-order valence-corrected chi connectivity index (χ1v) is 6.78. The standard InChI is InChI=1S/C13H20N6O2/c1-7(2)6-19-11(14)10(12(20)18-13(19)21)17-8(3)9-4-15-16-5-9/h4-5,7-8,17H,6,14H2,1-3H3,(H,15,16)(H,18,20,21). The molecule has 0 aliphatic carbocycles. The summed E-state index contributed by atoms with van der Waals surface area (Å²) in [6.45, 7) is 6.26. The Balaban J connectivity index is 2.39. The summed E-state index contributed by atoms with van der Waals surface area (Å²) in [5, 5.41) is 9.61. The van der Waals surface area contributed by atoms with Gasteiger partial charge in [-0.1, -0.05) is 13.8 Å². The number of anilines is 2. The van der Waals surface area contributed by atoms with E-state index in [0.29, 0.717) is 6.54 Å². The topological polar surface area (TPSA) is 122 Å². The Hall–Kier alpha value is -2.51. The Bertz CT molecular complexity index is 713. The van der Waals surface area contributed by atoms with Gasteiger partial charge in [-0.25, -0.2) is 4.79 Å². The number of nitrogens with one attached hydrogen (secondary N) is 3. The van der Waals surface area contributed by atoms with Crippen molar-refractivity contribution in [2.75, 3.05) is 11.1 Å². The van der Waals surface area contributed by atoms with Crippen molar-refractivity contribution < 1.29 is 0 Å². The van der Waals surface area contributed by atoms with Crippen LogP contribution >= 0.6 is 0 Å². The van der Waals surface area contributed by atoms with Crippen LogP contribution in [0.15, 0.2) is 22.0 Å². The van der Waals surface area contributed by atoms with Crippen molar-refractivity contribution in [1.82, 2.24) is 19.7 Å². The molecule has 114 valence electrons. The molecule has 1 unspecified atom stereocenters. The lowest BCUT2D eigenvalue weighted by atomic mass is 10.2. The largest absolute Gasteiger partial charge is 0.383 e. The van der Waals surface area contributed by atoms with E-state index < -0.39 is 11.2 Å². The zero-order chi connectivity index (χ0) is 15.6. The van der Waals surface area contributed by atoms with Crippen LogP contribution in [0.25, 0.3) is 0 Å². The van der Waals surface area contributed by atoms with Gasteiger partial charge in [-0.15, -0.1) is 0 Å². The third-order valence-corrected chi connectivity index (χ3v) is 3.17. The first kappa shape index (κ1) is 14.9. The third kappa shape index (κ3) is 3.15. The molecule has 0 aliphatic rings. The molecule has 8 heteroatoms. The average molecular weight is 292 g/mol. The molecule has 0 fully saturated rings. The van der Waals surface area contributed by atoms with E-state index in [2.05, 4.69) is 20.5 Å². The Morgan fingerprint density at radius 1 is 1.38 bits per heavy atom. The summed E-state index contributed by atoms with van der Waals surface area (Å²) < 4.78 is 1.37. The lowest BCUT2D eigenvalue weighted by Crippen LogP contribution is -2.35. The molecule has 2 aromatic heterocycles. The van der Waals surface area contributed by atoms with Crippen molar-refractivity contribution in [3.8, 4) is 0 Å². The number of aromatic nitrogens is 4. The molecule has 0 bridgehead atoms. The van der Waals surface area contributed by atoms with Crippen molar-refractivity contribution in [1.29, 1.82) is 0 Å². The zero-order valence-corrected chi connectivity index (χ0v) is 12.3. The molecule has 2 rings (SSSR count). The van der Waals surface area contributed by atoms with Crippen LogP contribution in [0.1, 0.15) is 32.4 Å². The molecule has 0 aromatic carbocycles. The van der Waals surface area contributed by atoms with Gasteiger partial charge in [0.1, 0.15) is 11.5 Å². The van der Waals surface area contributed by atoms with E-state index in [1.807, 2.05) is 20.8 Å². The molecule has 0 amide bonds. The molecule has 8 nitrogen and oxygen atoms in total. The molecular weight excluding hydrogens is 272 g/mol. The molecule has 0 saturated carbocycles. The molecule has 2 aromatic rings. The van der Waals surface area contributed by atoms with Gasteiger partial charge in [0, 0.05) is 18.3 Å². The lowest BCUT2D eigenvalue weighted by molar-refractivity contribution is 0.508. The second-order valence-corrected chi connectivity index (χ2v) is 5.42. The summed E-state index contributed by atoms with van der Waals surface area (Å²) in [6.07, 6.45) is 3.39. The molecule has 0 radical (unpaired) electrons. The van der Waals surface area contributed by atoms with Crippen molar-refractivity contribution in [3.05, 3.63) is 38.8 Å². The van der Waals surface area contributed by atoms with Crippen LogP contribution in [-0.4, -0.2) is 19.7 Å². The van der Waals surface area contributed by atoms with Crippen LogP contribution in [0.5, 0.6) is 0 Å². The minimum Gasteiger partial charge on any atom is -0.383 e. The highest BCUT2D eigenvalue weighted by atomic mass is 16.2. The highest BCUT2D eigenvalue weighted by Gasteiger charge is 2.16. The first-order chi connectivity index (χ1) is 9.90. The predicted octanol–water partition coefficient (Wildman–Crippen LogP) is 0.671. The number of hydrogen-bond donors (Lipinski definition) is 4. The Labute approximate surface area is 121 Å². The third-order valence-electron chi connectivity index (χ3n) is 3.17. The summed E-state index contributed by atoms with van der Waals surface area (Å²) in [6, 6.07) is -0.169. The van der Waals surface area contributed by atoms with Gasteiger partial charge in [0.05, 0.1) is 12.2 Å². The number of H-pyrrole nitrogens is 2. The Morgan fingerprint density at radius 2 is 2.10 bits per heavy atom. The van der Waals surface area contributed by atoms with Crippen LogP contribution in [0, 0.1) is 5.92 Å². The Kier molecular flexibility index (Phi) is 4.15. The fraction of sp³-hybridized carbons (Fsp3) is 0.462. The van der Waals surface area contributed by atoms with Crippen molar-refractivity contribution in [2.24, 2.45) is 5.92 Å².